The largest absolute Gasteiger partial charge is 0.497 e. The fourth-order valence-electron chi connectivity index (χ4n) is 3.58. The molecule has 0 spiro atoms. The SMILES string of the molecule is CCC[C@@H](O)CN(Cc1cccc(OC)c1)C[C@@H]1CC(c2ccc(Cl)cc2)=NO1. The summed E-state index contributed by atoms with van der Waals surface area (Å²) >= 11 is 5.98. The van der Waals surface area contributed by atoms with Gasteiger partial charge in [-0.2, -0.15) is 0 Å². The van der Waals surface area contributed by atoms with E-state index in [2.05, 4.69) is 23.0 Å². The lowest BCUT2D eigenvalue weighted by Gasteiger charge is -2.27. The second kappa shape index (κ2) is 10.6. The summed E-state index contributed by atoms with van der Waals surface area (Å²) in [7, 11) is 1.67. The second-order valence-corrected chi connectivity index (χ2v) is 7.90. The average Bonchev–Trinajstić information content (AvgIpc) is 3.17. The minimum atomic E-state index is -0.358. The first kappa shape index (κ1) is 21.6. The maximum absolute atomic E-state index is 10.4. The molecule has 0 saturated carbocycles. The van der Waals surface area contributed by atoms with Gasteiger partial charge in [-0.15, -0.1) is 0 Å². The highest BCUT2D eigenvalue weighted by Gasteiger charge is 2.25. The lowest BCUT2D eigenvalue weighted by Crippen LogP contribution is -2.37. The zero-order valence-electron chi connectivity index (χ0n) is 17.1. The van der Waals surface area contributed by atoms with Gasteiger partial charge in [0.2, 0.25) is 0 Å². The van der Waals surface area contributed by atoms with Crippen molar-refractivity contribution >= 4 is 17.3 Å². The highest BCUT2D eigenvalue weighted by atomic mass is 35.5. The van der Waals surface area contributed by atoms with Crippen LogP contribution < -0.4 is 4.74 Å². The second-order valence-electron chi connectivity index (χ2n) is 7.46. The van der Waals surface area contributed by atoms with Crippen LogP contribution in [0.2, 0.25) is 5.02 Å². The molecule has 0 unspecified atom stereocenters. The number of benzene rings is 2. The number of methoxy groups -OCH3 is 1. The van der Waals surface area contributed by atoms with E-state index >= 15 is 0 Å². The number of rotatable bonds is 10. The minimum Gasteiger partial charge on any atom is -0.497 e. The molecule has 0 fully saturated rings. The Morgan fingerprint density at radius 3 is 2.79 bits per heavy atom. The first-order valence-electron chi connectivity index (χ1n) is 10.1. The van der Waals surface area contributed by atoms with Crippen molar-refractivity contribution in [2.45, 2.75) is 44.9 Å². The van der Waals surface area contributed by atoms with E-state index < -0.39 is 0 Å². The zero-order chi connectivity index (χ0) is 20.6. The summed E-state index contributed by atoms with van der Waals surface area (Å²) in [4.78, 5) is 7.95. The quantitative estimate of drug-likeness (QED) is 0.619. The van der Waals surface area contributed by atoms with Crippen LogP contribution in [0.1, 0.15) is 37.3 Å². The van der Waals surface area contributed by atoms with Gasteiger partial charge in [-0.05, 0) is 41.8 Å². The van der Waals surface area contributed by atoms with Gasteiger partial charge in [-0.3, -0.25) is 4.90 Å². The summed E-state index contributed by atoms with van der Waals surface area (Å²) in [5.74, 6) is 0.835. The normalized spacial score (nSPS) is 17.1. The molecule has 5 nitrogen and oxygen atoms in total. The number of hydrogen-bond donors (Lipinski definition) is 1. The van der Waals surface area contributed by atoms with Crippen molar-refractivity contribution in [1.29, 1.82) is 0 Å². The van der Waals surface area contributed by atoms with Gasteiger partial charge in [0, 0.05) is 31.1 Å². The van der Waals surface area contributed by atoms with Crippen LogP contribution in [0.5, 0.6) is 5.75 Å². The maximum atomic E-state index is 10.4. The van der Waals surface area contributed by atoms with Gasteiger partial charge in [0.1, 0.15) is 11.9 Å². The summed E-state index contributed by atoms with van der Waals surface area (Å²) in [5.41, 5.74) is 3.11. The van der Waals surface area contributed by atoms with E-state index in [1.807, 2.05) is 42.5 Å². The molecule has 0 bridgehead atoms. The van der Waals surface area contributed by atoms with Crippen LogP contribution in [0.3, 0.4) is 0 Å². The van der Waals surface area contributed by atoms with Crippen LogP contribution in [0.4, 0.5) is 0 Å². The fraction of sp³-hybridized carbons (Fsp3) is 0.435. The summed E-state index contributed by atoms with van der Waals surface area (Å²) in [6.45, 7) is 4.09. The van der Waals surface area contributed by atoms with E-state index in [0.29, 0.717) is 24.7 Å². The number of aliphatic hydroxyl groups excluding tert-OH is 1. The molecule has 1 N–H and O–H groups in total. The van der Waals surface area contributed by atoms with Gasteiger partial charge in [-0.25, -0.2) is 0 Å². The van der Waals surface area contributed by atoms with Crippen molar-refractivity contribution in [2.24, 2.45) is 5.16 Å². The van der Waals surface area contributed by atoms with Crippen molar-refractivity contribution < 1.29 is 14.7 Å². The van der Waals surface area contributed by atoms with Crippen molar-refractivity contribution in [2.75, 3.05) is 20.2 Å². The third-order valence-electron chi connectivity index (χ3n) is 5.00. The monoisotopic (exact) mass is 416 g/mol. The molecular formula is C23H29ClN2O3. The Bertz CT molecular complexity index is 810. The van der Waals surface area contributed by atoms with Gasteiger partial charge >= 0.3 is 0 Å². The third-order valence-corrected chi connectivity index (χ3v) is 5.26. The van der Waals surface area contributed by atoms with Gasteiger partial charge in [0.05, 0.1) is 18.9 Å². The lowest BCUT2D eigenvalue weighted by molar-refractivity contribution is 0.0305. The molecule has 2 aromatic carbocycles. The number of halogens is 1. The molecule has 3 rings (SSSR count). The fourth-order valence-corrected chi connectivity index (χ4v) is 3.71. The molecule has 0 radical (unpaired) electrons. The molecule has 0 aliphatic carbocycles. The summed E-state index contributed by atoms with van der Waals surface area (Å²) in [5, 5.41) is 15.4. The molecule has 0 amide bonds. The minimum absolute atomic E-state index is 0.0416. The van der Waals surface area contributed by atoms with E-state index in [9.17, 15) is 5.11 Å². The number of aliphatic hydroxyl groups is 1. The smallest absolute Gasteiger partial charge is 0.145 e. The molecular weight excluding hydrogens is 388 g/mol. The topological polar surface area (TPSA) is 54.3 Å². The van der Waals surface area contributed by atoms with E-state index in [0.717, 1.165) is 41.9 Å². The van der Waals surface area contributed by atoms with E-state index in [4.69, 9.17) is 21.2 Å². The van der Waals surface area contributed by atoms with E-state index in [1.165, 1.54) is 0 Å². The van der Waals surface area contributed by atoms with Crippen LogP contribution in [0.25, 0.3) is 0 Å². The molecule has 0 saturated heterocycles. The molecule has 6 heteroatoms. The van der Waals surface area contributed by atoms with Crippen LogP contribution in [-0.4, -0.2) is 48.1 Å². The Balaban J connectivity index is 1.64. The average molecular weight is 417 g/mol. The zero-order valence-corrected chi connectivity index (χ0v) is 17.8. The molecule has 1 aliphatic heterocycles. The molecule has 2 atom stereocenters. The summed E-state index contributed by atoms with van der Waals surface area (Å²) < 4.78 is 5.34. The van der Waals surface area contributed by atoms with Crippen molar-refractivity contribution in [1.82, 2.24) is 4.90 Å². The Labute approximate surface area is 177 Å². The molecule has 156 valence electrons. The van der Waals surface area contributed by atoms with Gasteiger partial charge in [0.15, 0.2) is 0 Å². The first-order valence-corrected chi connectivity index (χ1v) is 10.5. The highest BCUT2D eigenvalue weighted by molar-refractivity contribution is 6.30. The summed E-state index contributed by atoms with van der Waals surface area (Å²) in [6.07, 6.45) is 2.08. The van der Waals surface area contributed by atoms with Crippen molar-refractivity contribution in [3.63, 3.8) is 0 Å². The summed E-state index contributed by atoms with van der Waals surface area (Å²) in [6, 6.07) is 15.7. The van der Waals surface area contributed by atoms with Crippen molar-refractivity contribution in [3.8, 4) is 5.75 Å². The van der Waals surface area contributed by atoms with E-state index in [-0.39, 0.29) is 12.2 Å². The standard InChI is InChI=1S/C23H29ClN2O3/c1-3-5-20(27)15-26(14-17-6-4-7-21(12-17)28-2)16-22-13-23(25-29-22)18-8-10-19(24)11-9-18/h4,6-12,20,22,27H,3,5,13-16H2,1-2H3/t20-,22+/m1/s1. The Hall–Kier alpha value is -2.08. The first-order chi connectivity index (χ1) is 14.1. The Morgan fingerprint density at radius 2 is 2.07 bits per heavy atom. The lowest BCUT2D eigenvalue weighted by atomic mass is 10.0. The molecule has 1 heterocycles. The van der Waals surface area contributed by atoms with Gasteiger partial charge in [0.25, 0.3) is 0 Å². The number of hydrogen-bond acceptors (Lipinski definition) is 5. The Morgan fingerprint density at radius 1 is 1.28 bits per heavy atom. The molecule has 0 aromatic heterocycles. The number of oxime groups is 1. The molecule has 29 heavy (non-hydrogen) atoms. The van der Waals surface area contributed by atoms with Crippen molar-refractivity contribution in [3.05, 3.63) is 64.7 Å². The number of ether oxygens (including phenoxy) is 1. The predicted octanol–water partition coefficient (Wildman–Crippen LogP) is 4.50. The van der Waals surface area contributed by atoms with Crippen LogP contribution in [-0.2, 0) is 11.4 Å². The Kier molecular flexibility index (Phi) is 7.92. The van der Waals surface area contributed by atoms with Crippen LogP contribution >= 0.6 is 11.6 Å². The van der Waals surface area contributed by atoms with E-state index in [1.54, 1.807) is 7.11 Å². The molecule has 2 aromatic rings. The van der Waals surface area contributed by atoms with Crippen LogP contribution in [0.15, 0.2) is 53.7 Å². The predicted molar refractivity (Wildman–Crippen MR) is 117 cm³/mol. The highest BCUT2D eigenvalue weighted by Crippen LogP contribution is 2.21. The number of nitrogens with zero attached hydrogens (tertiary/aromatic N) is 2. The van der Waals surface area contributed by atoms with Gasteiger partial charge in [-0.1, -0.05) is 54.4 Å². The molecule has 1 aliphatic rings. The van der Waals surface area contributed by atoms with Crippen LogP contribution in [0, 0.1) is 0 Å². The third kappa shape index (κ3) is 6.46. The van der Waals surface area contributed by atoms with Gasteiger partial charge < -0.3 is 14.7 Å². The maximum Gasteiger partial charge on any atom is 0.145 e.